The third-order valence-electron chi connectivity index (χ3n) is 4.80. The number of nitrogens with zero attached hydrogens (tertiary/aromatic N) is 1. The number of carbonyl (C=O) groups is 1. The lowest BCUT2D eigenvalue weighted by molar-refractivity contribution is -0.115. The summed E-state index contributed by atoms with van der Waals surface area (Å²) in [5.41, 5.74) is 2.53. The van der Waals surface area contributed by atoms with Gasteiger partial charge in [0.1, 0.15) is 0 Å². The Morgan fingerprint density at radius 1 is 1.16 bits per heavy atom. The van der Waals surface area contributed by atoms with E-state index in [1.807, 2.05) is 12.1 Å². The second-order valence-corrected chi connectivity index (χ2v) is 8.82. The number of benzene rings is 2. The van der Waals surface area contributed by atoms with E-state index < -0.39 is 5.25 Å². The summed E-state index contributed by atoms with van der Waals surface area (Å²) in [6.07, 6.45) is 0.450. The zero-order valence-electron chi connectivity index (χ0n) is 18.2. The zero-order valence-corrected chi connectivity index (χ0v) is 19.8. The quantitative estimate of drug-likeness (QED) is 0.370. The highest BCUT2D eigenvalue weighted by Crippen LogP contribution is 2.30. The van der Waals surface area contributed by atoms with Gasteiger partial charge in [0.05, 0.1) is 19.5 Å². The lowest BCUT2D eigenvalue weighted by Gasteiger charge is -2.14. The van der Waals surface area contributed by atoms with Crippen molar-refractivity contribution in [3.05, 3.63) is 74.7 Å². The van der Waals surface area contributed by atoms with Crippen molar-refractivity contribution in [2.75, 3.05) is 19.5 Å². The van der Waals surface area contributed by atoms with Gasteiger partial charge < -0.3 is 19.8 Å². The Kier molecular flexibility index (Phi) is 7.82. The Bertz CT molecular complexity index is 1160. The van der Waals surface area contributed by atoms with Gasteiger partial charge in [0.15, 0.2) is 16.7 Å². The van der Waals surface area contributed by atoms with E-state index in [2.05, 4.69) is 15.3 Å². The zero-order chi connectivity index (χ0) is 23.3. The second kappa shape index (κ2) is 10.6. The number of ether oxygens (including phenoxy) is 2. The lowest BCUT2D eigenvalue weighted by Crippen LogP contribution is -2.24. The summed E-state index contributed by atoms with van der Waals surface area (Å²) < 4.78 is 10.5. The monoisotopic (exact) mass is 473 g/mol. The van der Waals surface area contributed by atoms with Crippen LogP contribution in [-0.2, 0) is 11.2 Å². The number of halogens is 1. The van der Waals surface area contributed by atoms with E-state index in [0.29, 0.717) is 45.0 Å². The summed E-state index contributed by atoms with van der Waals surface area (Å²) in [5.74, 6) is 0.861. The number of carbonyl (C=O) groups excluding carboxylic acids is 1. The number of amides is 1. The number of methoxy groups -OCH3 is 2. The number of aromatic amines is 1. The molecule has 1 unspecified atom stereocenters. The molecule has 7 nitrogen and oxygen atoms in total. The topological polar surface area (TPSA) is 93.3 Å². The Balaban J connectivity index is 1.69. The SMILES string of the molecule is COc1ccc(NC(=O)C(C)Sc2nc(C)c(Cc3ccc(Cl)cc3)c(=O)[nH]2)cc1OC. The minimum Gasteiger partial charge on any atom is -0.493 e. The first kappa shape index (κ1) is 23.7. The first-order chi connectivity index (χ1) is 15.3. The van der Waals surface area contributed by atoms with Gasteiger partial charge in [-0.2, -0.15) is 0 Å². The molecule has 3 rings (SSSR count). The van der Waals surface area contributed by atoms with Crippen LogP contribution in [0, 0.1) is 6.92 Å². The van der Waals surface area contributed by atoms with Gasteiger partial charge in [0.25, 0.3) is 5.56 Å². The number of aryl methyl sites for hydroxylation is 1. The molecule has 32 heavy (non-hydrogen) atoms. The van der Waals surface area contributed by atoms with Crippen LogP contribution < -0.4 is 20.3 Å². The van der Waals surface area contributed by atoms with Crippen LogP contribution in [0.2, 0.25) is 5.02 Å². The number of H-pyrrole nitrogens is 1. The van der Waals surface area contributed by atoms with E-state index in [1.54, 1.807) is 51.3 Å². The average Bonchev–Trinajstić information content (AvgIpc) is 2.77. The molecule has 1 aromatic heterocycles. The van der Waals surface area contributed by atoms with Crippen molar-refractivity contribution in [2.45, 2.75) is 30.7 Å². The van der Waals surface area contributed by atoms with Gasteiger partial charge in [-0.25, -0.2) is 4.98 Å². The van der Waals surface area contributed by atoms with Crippen LogP contribution in [-0.4, -0.2) is 35.3 Å². The van der Waals surface area contributed by atoms with Crippen LogP contribution in [0.3, 0.4) is 0 Å². The molecule has 0 radical (unpaired) electrons. The smallest absolute Gasteiger partial charge is 0.255 e. The summed E-state index contributed by atoms with van der Waals surface area (Å²) in [7, 11) is 3.08. The van der Waals surface area contributed by atoms with Crippen molar-refractivity contribution in [1.29, 1.82) is 0 Å². The van der Waals surface area contributed by atoms with E-state index in [0.717, 1.165) is 5.56 Å². The van der Waals surface area contributed by atoms with Crippen LogP contribution in [0.25, 0.3) is 0 Å². The van der Waals surface area contributed by atoms with Gasteiger partial charge in [-0.05, 0) is 43.7 Å². The molecule has 0 aliphatic rings. The molecule has 1 heterocycles. The van der Waals surface area contributed by atoms with Crippen LogP contribution in [0.15, 0.2) is 52.4 Å². The number of rotatable bonds is 8. The van der Waals surface area contributed by atoms with E-state index >= 15 is 0 Å². The first-order valence-corrected chi connectivity index (χ1v) is 11.1. The Labute approximate surface area is 195 Å². The lowest BCUT2D eigenvalue weighted by atomic mass is 10.1. The molecule has 2 aromatic carbocycles. The third-order valence-corrected chi connectivity index (χ3v) is 6.04. The fraction of sp³-hybridized carbons (Fsp3) is 0.261. The maximum Gasteiger partial charge on any atom is 0.255 e. The molecule has 0 bridgehead atoms. The molecule has 168 valence electrons. The highest BCUT2D eigenvalue weighted by atomic mass is 35.5. The molecule has 1 amide bonds. The van der Waals surface area contributed by atoms with Crippen LogP contribution >= 0.6 is 23.4 Å². The molecule has 9 heteroatoms. The molecular formula is C23H24ClN3O4S. The highest BCUT2D eigenvalue weighted by molar-refractivity contribution is 8.00. The molecule has 0 saturated heterocycles. The molecular weight excluding hydrogens is 450 g/mol. The predicted octanol–water partition coefficient (Wildman–Crippen LogP) is 4.46. The molecule has 2 N–H and O–H groups in total. The molecule has 3 aromatic rings. The number of anilines is 1. The largest absolute Gasteiger partial charge is 0.493 e. The number of hydrogen-bond donors (Lipinski definition) is 2. The van der Waals surface area contributed by atoms with E-state index in [9.17, 15) is 9.59 Å². The van der Waals surface area contributed by atoms with Crippen molar-refractivity contribution in [3.8, 4) is 11.5 Å². The molecule has 0 aliphatic heterocycles. The van der Waals surface area contributed by atoms with Gasteiger partial charge in [0, 0.05) is 34.5 Å². The summed E-state index contributed by atoms with van der Waals surface area (Å²) in [5, 5.41) is 3.38. The summed E-state index contributed by atoms with van der Waals surface area (Å²) in [6, 6.07) is 12.5. The summed E-state index contributed by atoms with van der Waals surface area (Å²) in [4.78, 5) is 32.6. The number of nitrogens with one attached hydrogen (secondary N) is 2. The van der Waals surface area contributed by atoms with Gasteiger partial charge in [-0.15, -0.1) is 0 Å². The summed E-state index contributed by atoms with van der Waals surface area (Å²) >= 11 is 7.11. The average molecular weight is 474 g/mol. The number of aromatic nitrogens is 2. The Morgan fingerprint density at radius 3 is 2.47 bits per heavy atom. The molecule has 0 aliphatic carbocycles. The van der Waals surface area contributed by atoms with E-state index in [4.69, 9.17) is 21.1 Å². The fourth-order valence-corrected chi connectivity index (χ4v) is 4.00. The minimum atomic E-state index is -0.493. The van der Waals surface area contributed by atoms with Crippen LogP contribution in [0.4, 0.5) is 5.69 Å². The predicted molar refractivity (Wildman–Crippen MR) is 127 cm³/mol. The molecule has 0 spiro atoms. The maximum absolute atomic E-state index is 12.6. The third kappa shape index (κ3) is 5.83. The number of thioether (sulfide) groups is 1. The van der Waals surface area contributed by atoms with Crippen molar-refractivity contribution >= 4 is 35.0 Å². The Hall–Kier alpha value is -2.97. The van der Waals surface area contributed by atoms with Gasteiger partial charge >= 0.3 is 0 Å². The van der Waals surface area contributed by atoms with Gasteiger partial charge in [-0.3, -0.25) is 9.59 Å². The van der Waals surface area contributed by atoms with Crippen LogP contribution in [0.1, 0.15) is 23.7 Å². The second-order valence-electron chi connectivity index (χ2n) is 7.06. The molecule has 0 fully saturated rings. The van der Waals surface area contributed by atoms with E-state index in [-0.39, 0.29) is 11.5 Å². The fourth-order valence-electron chi connectivity index (χ4n) is 3.03. The molecule has 1 atom stereocenters. The van der Waals surface area contributed by atoms with Gasteiger partial charge in [-0.1, -0.05) is 35.5 Å². The molecule has 0 saturated carbocycles. The van der Waals surface area contributed by atoms with Crippen molar-refractivity contribution in [1.82, 2.24) is 9.97 Å². The standard InChI is InChI=1S/C23H24ClN3O4S/c1-13-18(11-15-5-7-16(24)8-6-15)22(29)27-23(25-13)32-14(2)21(28)26-17-9-10-19(30-3)20(12-17)31-4/h5-10,12,14H,11H2,1-4H3,(H,26,28)(H,25,27,29). The van der Waals surface area contributed by atoms with Crippen molar-refractivity contribution in [2.24, 2.45) is 0 Å². The van der Waals surface area contributed by atoms with Gasteiger partial charge in [0.2, 0.25) is 5.91 Å². The summed E-state index contributed by atoms with van der Waals surface area (Å²) in [6.45, 7) is 3.54. The van der Waals surface area contributed by atoms with Crippen LogP contribution in [0.5, 0.6) is 11.5 Å². The normalized spacial score (nSPS) is 11.7. The first-order valence-electron chi connectivity index (χ1n) is 9.84. The maximum atomic E-state index is 12.6. The minimum absolute atomic E-state index is 0.220. The Morgan fingerprint density at radius 2 is 1.84 bits per heavy atom. The van der Waals surface area contributed by atoms with Crippen molar-refractivity contribution < 1.29 is 14.3 Å². The van der Waals surface area contributed by atoms with Crippen molar-refractivity contribution in [3.63, 3.8) is 0 Å². The van der Waals surface area contributed by atoms with E-state index in [1.165, 1.54) is 18.9 Å². The highest BCUT2D eigenvalue weighted by Gasteiger charge is 2.18. The number of hydrogen-bond acceptors (Lipinski definition) is 6.